The Bertz CT molecular complexity index is 1400. The van der Waals surface area contributed by atoms with E-state index in [-0.39, 0.29) is 11.5 Å². The van der Waals surface area contributed by atoms with Crippen LogP contribution in [0.2, 0.25) is 0 Å². The Hall–Kier alpha value is -3.78. The van der Waals surface area contributed by atoms with E-state index in [9.17, 15) is 9.59 Å². The highest BCUT2D eigenvalue weighted by Gasteiger charge is 2.23. The number of hydrogen-bond acceptors (Lipinski definition) is 6. The molecular formula is C27H27N3O4S. The average Bonchev–Trinajstić information content (AvgIpc) is 2.88. The maximum atomic E-state index is 13.6. The van der Waals surface area contributed by atoms with Crippen molar-refractivity contribution < 1.29 is 14.3 Å². The third kappa shape index (κ3) is 5.17. The zero-order chi connectivity index (χ0) is 24.9. The predicted octanol–water partition coefficient (Wildman–Crippen LogP) is 4.54. The molecule has 1 aromatic heterocycles. The molecule has 0 aliphatic heterocycles. The van der Waals surface area contributed by atoms with Crippen molar-refractivity contribution in [2.24, 2.45) is 0 Å². The number of rotatable bonds is 8. The first-order valence-electron chi connectivity index (χ1n) is 11.1. The number of benzene rings is 3. The molecule has 0 bridgehead atoms. The van der Waals surface area contributed by atoms with Gasteiger partial charge in [0.15, 0.2) is 16.7 Å². The van der Waals surface area contributed by atoms with Crippen molar-refractivity contribution in [1.82, 2.24) is 14.5 Å². The van der Waals surface area contributed by atoms with Gasteiger partial charge in [0, 0.05) is 19.7 Å². The van der Waals surface area contributed by atoms with Crippen LogP contribution in [0.25, 0.3) is 16.6 Å². The van der Waals surface area contributed by atoms with Crippen molar-refractivity contribution in [3.05, 3.63) is 88.7 Å². The molecule has 180 valence electrons. The van der Waals surface area contributed by atoms with Gasteiger partial charge < -0.3 is 14.4 Å². The summed E-state index contributed by atoms with van der Waals surface area (Å²) in [5.41, 5.74) is 1.98. The minimum absolute atomic E-state index is 0.0554. The zero-order valence-corrected chi connectivity index (χ0v) is 20.9. The van der Waals surface area contributed by atoms with Crippen LogP contribution in [-0.2, 0) is 11.3 Å². The Balaban J connectivity index is 1.72. The number of nitrogens with zero attached hydrogens (tertiary/aromatic N) is 3. The molecule has 1 atom stereocenters. The summed E-state index contributed by atoms with van der Waals surface area (Å²) in [4.78, 5) is 33.2. The van der Waals surface area contributed by atoms with Crippen molar-refractivity contribution >= 4 is 28.6 Å². The van der Waals surface area contributed by atoms with Crippen LogP contribution in [0.1, 0.15) is 12.5 Å². The number of methoxy groups -OCH3 is 2. The number of amides is 1. The van der Waals surface area contributed by atoms with E-state index >= 15 is 0 Å². The molecule has 1 heterocycles. The van der Waals surface area contributed by atoms with Crippen LogP contribution in [0.5, 0.6) is 11.5 Å². The van der Waals surface area contributed by atoms with E-state index < -0.39 is 5.25 Å². The van der Waals surface area contributed by atoms with Crippen LogP contribution in [-0.4, -0.2) is 46.9 Å². The molecule has 0 fully saturated rings. The first kappa shape index (κ1) is 24.3. The summed E-state index contributed by atoms with van der Waals surface area (Å²) < 4.78 is 12.3. The number of hydrogen-bond donors (Lipinski definition) is 0. The van der Waals surface area contributed by atoms with Gasteiger partial charge in [-0.05, 0) is 36.8 Å². The number of thioether (sulfide) groups is 1. The highest BCUT2D eigenvalue weighted by molar-refractivity contribution is 8.00. The van der Waals surface area contributed by atoms with Crippen molar-refractivity contribution in [2.45, 2.75) is 23.9 Å². The largest absolute Gasteiger partial charge is 0.493 e. The number of fused-ring (bicyclic) bond motifs is 1. The maximum Gasteiger partial charge on any atom is 0.266 e. The summed E-state index contributed by atoms with van der Waals surface area (Å²) in [6.07, 6.45) is 0. The summed E-state index contributed by atoms with van der Waals surface area (Å²) in [7, 11) is 4.88. The number of carbonyl (C=O) groups is 1. The van der Waals surface area contributed by atoms with Crippen LogP contribution in [0.15, 0.2) is 82.7 Å². The van der Waals surface area contributed by atoms with E-state index in [0.29, 0.717) is 39.8 Å². The fourth-order valence-electron chi connectivity index (χ4n) is 3.84. The second kappa shape index (κ2) is 10.7. The minimum Gasteiger partial charge on any atom is -0.493 e. The van der Waals surface area contributed by atoms with Gasteiger partial charge in [-0.3, -0.25) is 14.2 Å². The Labute approximate surface area is 208 Å². The van der Waals surface area contributed by atoms with Gasteiger partial charge >= 0.3 is 0 Å². The van der Waals surface area contributed by atoms with Gasteiger partial charge in [0.1, 0.15) is 0 Å². The molecule has 4 rings (SSSR count). The first-order valence-corrected chi connectivity index (χ1v) is 12.0. The molecule has 7 nitrogen and oxygen atoms in total. The van der Waals surface area contributed by atoms with Crippen LogP contribution < -0.4 is 15.0 Å². The average molecular weight is 490 g/mol. The quantitative estimate of drug-likeness (QED) is 0.267. The summed E-state index contributed by atoms with van der Waals surface area (Å²) in [6, 6.07) is 22.3. The molecule has 0 saturated heterocycles. The number of ether oxygens (including phenoxy) is 2. The van der Waals surface area contributed by atoms with E-state index in [4.69, 9.17) is 14.5 Å². The Kier molecular flexibility index (Phi) is 7.41. The smallest absolute Gasteiger partial charge is 0.266 e. The number of carbonyl (C=O) groups excluding carboxylic acids is 1. The Morgan fingerprint density at radius 3 is 2.40 bits per heavy atom. The van der Waals surface area contributed by atoms with Crippen molar-refractivity contribution in [3.8, 4) is 17.2 Å². The molecule has 0 aliphatic carbocycles. The first-order chi connectivity index (χ1) is 16.9. The third-order valence-electron chi connectivity index (χ3n) is 5.64. The van der Waals surface area contributed by atoms with Gasteiger partial charge in [0.05, 0.1) is 36.1 Å². The standard InChI is InChI=1S/C27H27N3O4S/c1-18(25(31)29(2)17-19-10-6-5-7-11-19)35-27-28-22-13-9-8-12-21(22)26(32)30(27)20-14-15-23(33-3)24(16-20)34-4/h5-16,18H,17H2,1-4H3. The van der Waals surface area contributed by atoms with Crippen LogP contribution >= 0.6 is 11.8 Å². The third-order valence-corrected chi connectivity index (χ3v) is 6.68. The van der Waals surface area contributed by atoms with Crippen LogP contribution in [0.4, 0.5) is 0 Å². The summed E-state index contributed by atoms with van der Waals surface area (Å²) in [5.74, 6) is 0.992. The van der Waals surface area contributed by atoms with E-state index in [1.165, 1.54) is 16.3 Å². The molecule has 3 aromatic carbocycles. The summed E-state index contributed by atoms with van der Waals surface area (Å²) in [5, 5.41) is 0.449. The van der Waals surface area contributed by atoms with Crippen molar-refractivity contribution in [2.75, 3.05) is 21.3 Å². The lowest BCUT2D eigenvalue weighted by Gasteiger charge is -2.22. The predicted molar refractivity (Wildman–Crippen MR) is 139 cm³/mol. The van der Waals surface area contributed by atoms with E-state index in [0.717, 1.165) is 5.56 Å². The monoisotopic (exact) mass is 489 g/mol. The molecule has 0 saturated carbocycles. The SMILES string of the molecule is COc1ccc(-n2c(SC(C)C(=O)N(C)Cc3ccccc3)nc3ccccc3c2=O)cc1OC. The van der Waals surface area contributed by atoms with E-state index in [1.807, 2.05) is 49.4 Å². The molecule has 4 aromatic rings. The summed E-state index contributed by atoms with van der Waals surface area (Å²) >= 11 is 1.25. The van der Waals surface area contributed by atoms with Crippen LogP contribution in [0.3, 0.4) is 0 Å². The molecule has 0 N–H and O–H groups in total. The van der Waals surface area contributed by atoms with Gasteiger partial charge in [0.2, 0.25) is 5.91 Å². The molecule has 8 heteroatoms. The second-order valence-electron chi connectivity index (χ2n) is 8.03. The highest BCUT2D eigenvalue weighted by atomic mass is 32.2. The van der Waals surface area contributed by atoms with Gasteiger partial charge in [-0.15, -0.1) is 0 Å². The topological polar surface area (TPSA) is 73.7 Å². The van der Waals surface area contributed by atoms with Crippen LogP contribution in [0, 0.1) is 0 Å². The fourth-order valence-corrected chi connectivity index (χ4v) is 4.88. The lowest BCUT2D eigenvalue weighted by molar-refractivity contribution is -0.129. The molecule has 35 heavy (non-hydrogen) atoms. The van der Waals surface area contributed by atoms with Crippen molar-refractivity contribution in [1.29, 1.82) is 0 Å². The second-order valence-corrected chi connectivity index (χ2v) is 9.34. The molecular weight excluding hydrogens is 462 g/mol. The van der Waals surface area contributed by atoms with E-state index in [2.05, 4.69) is 0 Å². The lowest BCUT2D eigenvalue weighted by Crippen LogP contribution is -2.33. The fraction of sp³-hybridized carbons (Fsp3) is 0.222. The highest BCUT2D eigenvalue weighted by Crippen LogP contribution is 2.32. The normalized spacial score (nSPS) is 11.8. The molecule has 0 spiro atoms. The van der Waals surface area contributed by atoms with Gasteiger partial charge in [0.25, 0.3) is 5.56 Å². The number of aromatic nitrogens is 2. The Morgan fingerprint density at radius 2 is 1.69 bits per heavy atom. The zero-order valence-electron chi connectivity index (χ0n) is 20.1. The van der Waals surface area contributed by atoms with Gasteiger partial charge in [-0.25, -0.2) is 4.98 Å². The molecule has 1 amide bonds. The molecule has 1 unspecified atom stereocenters. The summed E-state index contributed by atoms with van der Waals surface area (Å²) in [6.45, 7) is 2.33. The molecule has 0 aliphatic rings. The van der Waals surface area contributed by atoms with Crippen molar-refractivity contribution in [3.63, 3.8) is 0 Å². The Morgan fingerprint density at radius 1 is 1.00 bits per heavy atom. The molecule has 0 radical (unpaired) electrons. The van der Waals surface area contributed by atoms with Gasteiger partial charge in [-0.1, -0.05) is 54.2 Å². The van der Waals surface area contributed by atoms with E-state index in [1.54, 1.807) is 56.5 Å². The lowest BCUT2D eigenvalue weighted by atomic mass is 10.2. The maximum absolute atomic E-state index is 13.6. The van der Waals surface area contributed by atoms with Gasteiger partial charge in [-0.2, -0.15) is 0 Å². The minimum atomic E-state index is -0.469. The number of para-hydroxylation sites is 1.